The van der Waals surface area contributed by atoms with E-state index >= 15 is 0 Å². The molecule has 20 heavy (non-hydrogen) atoms. The van der Waals surface area contributed by atoms with Crippen LogP contribution in [0.3, 0.4) is 0 Å². The molecule has 0 saturated carbocycles. The van der Waals surface area contributed by atoms with E-state index in [1.165, 1.54) is 16.0 Å². The average Bonchev–Trinajstić information content (AvgIpc) is 2.45. The third-order valence-electron chi connectivity index (χ3n) is 3.95. The van der Waals surface area contributed by atoms with Crippen LogP contribution in [0.1, 0.15) is 38.2 Å². The van der Waals surface area contributed by atoms with E-state index < -0.39 is 0 Å². The molecule has 0 unspecified atom stereocenters. The van der Waals surface area contributed by atoms with Crippen molar-refractivity contribution in [1.82, 2.24) is 0 Å². The lowest BCUT2D eigenvalue weighted by Crippen LogP contribution is -2.09. The lowest BCUT2D eigenvalue weighted by atomic mass is 9.89. The molecule has 2 heteroatoms. The van der Waals surface area contributed by atoms with Crippen molar-refractivity contribution in [2.24, 2.45) is 0 Å². The number of ketones is 1. The summed E-state index contributed by atoms with van der Waals surface area (Å²) in [5, 5.41) is 0. The molecule has 0 fully saturated rings. The highest BCUT2D eigenvalue weighted by Crippen LogP contribution is 2.25. The molecule has 2 aromatic carbocycles. The number of hydrogen-bond donors (Lipinski definition) is 0. The van der Waals surface area contributed by atoms with Gasteiger partial charge in [0, 0.05) is 16.0 Å². The van der Waals surface area contributed by atoms with Gasteiger partial charge >= 0.3 is 0 Å². The molecule has 0 amide bonds. The Morgan fingerprint density at radius 1 is 0.900 bits per heavy atom. The minimum atomic E-state index is 0.124. The van der Waals surface area contributed by atoms with Crippen LogP contribution in [-0.4, -0.2) is 12.0 Å². The van der Waals surface area contributed by atoms with Crippen molar-refractivity contribution in [3.05, 3.63) is 63.7 Å². The zero-order valence-corrected chi connectivity index (χ0v) is 13.5. The van der Waals surface area contributed by atoms with E-state index in [0.29, 0.717) is 0 Å². The van der Waals surface area contributed by atoms with Gasteiger partial charge in [-0.25, -0.2) is 0 Å². The molecule has 0 aliphatic rings. The van der Waals surface area contributed by atoms with Crippen LogP contribution in [0.15, 0.2) is 35.2 Å². The van der Waals surface area contributed by atoms with E-state index in [4.69, 9.17) is 0 Å². The summed E-state index contributed by atoms with van der Waals surface area (Å²) in [6.07, 6.45) is 2.04. The van der Waals surface area contributed by atoms with Gasteiger partial charge in [0.1, 0.15) is 0 Å². The Hall–Kier alpha value is -1.54. The molecular weight excluding hydrogens is 264 g/mol. The molecule has 0 aliphatic heterocycles. The van der Waals surface area contributed by atoms with Gasteiger partial charge in [0.25, 0.3) is 0 Å². The van der Waals surface area contributed by atoms with Crippen molar-refractivity contribution in [1.29, 1.82) is 0 Å². The number of hydrogen-bond acceptors (Lipinski definition) is 2. The summed E-state index contributed by atoms with van der Waals surface area (Å²) < 4.78 is 0. The van der Waals surface area contributed by atoms with E-state index in [-0.39, 0.29) is 5.78 Å². The van der Waals surface area contributed by atoms with Gasteiger partial charge < -0.3 is 0 Å². The summed E-state index contributed by atoms with van der Waals surface area (Å²) in [4.78, 5) is 14.0. The summed E-state index contributed by atoms with van der Waals surface area (Å²) in [5.41, 5.74) is 6.16. The normalized spacial score (nSPS) is 10.7. The molecule has 104 valence electrons. The molecule has 0 heterocycles. The topological polar surface area (TPSA) is 17.1 Å². The lowest BCUT2D eigenvalue weighted by Gasteiger charge is -2.14. The van der Waals surface area contributed by atoms with Crippen LogP contribution in [0.4, 0.5) is 0 Å². The summed E-state index contributed by atoms with van der Waals surface area (Å²) in [6.45, 7) is 8.20. The first-order chi connectivity index (χ1) is 9.45. The number of carbonyl (C=O) groups excluding carboxylic acids is 1. The third kappa shape index (κ3) is 2.66. The zero-order valence-electron chi connectivity index (χ0n) is 12.7. The monoisotopic (exact) mass is 284 g/mol. The molecule has 0 N–H and O–H groups in total. The fraction of sp³-hybridized carbons (Fsp3) is 0.278. The van der Waals surface area contributed by atoms with Gasteiger partial charge in [0.15, 0.2) is 5.78 Å². The van der Waals surface area contributed by atoms with Gasteiger partial charge in [0.05, 0.1) is 0 Å². The maximum atomic E-state index is 12.8. The molecule has 0 aliphatic carbocycles. The molecule has 0 bridgehead atoms. The number of aryl methyl sites for hydroxylation is 2. The minimum absolute atomic E-state index is 0.124. The number of carbonyl (C=O) groups is 1. The van der Waals surface area contributed by atoms with E-state index in [1.54, 1.807) is 11.8 Å². The van der Waals surface area contributed by atoms with Crippen molar-refractivity contribution in [2.45, 2.75) is 32.6 Å². The maximum Gasteiger partial charge on any atom is 0.193 e. The predicted molar refractivity (Wildman–Crippen MR) is 87.0 cm³/mol. The van der Waals surface area contributed by atoms with Crippen LogP contribution in [0.2, 0.25) is 0 Å². The van der Waals surface area contributed by atoms with E-state index in [9.17, 15) is 4.79 Å². The van der Waals surface area contributed by atoms with E-state index in [2.05, 4.69) is 19.9 Å². The van der Waals surface area contributed by atoms with Crippen molar-refractivity contribution in [3.8, 4) is 0 Å². The maximum absolute atomic E-state index is 12.8. The predicted octanol–water partition coefficient (Wildman–Crippen LogP) is 4.87. The Bertz CT molecular complexity index is 628. The van der Waals surface area contributed by atoms with Crippen LogP contribution in [-0.2, 0) is 0 Å². The summed E-state index contributed by atoms with van der Waals surface area (Å²) in [5.74, 6) is 0.124. The number of rotatable bonds is 3. The van der Waals surface area contributed by atoms with Crippen molar-refractivity contribution in [2.75, 3.05) is 6.26 Å². The molecular formula is C18H20OS. The van der Waals surface area contributed by atoms with Crippen molar-refractivity contribution in [3.63, 3.8) is 0 Å². The molecule has 0 aromatic heterocycles. The highest BCUT2D eigenvalue weighted by molar-refractivity contribution is 7.98. The van der Waals surface area contributed by atoms with Crippen LogP contribution in [0.25, 0.3) is 0 Å². The standard InChI is InChI=1S/C18H20OS/c1-11-10-12(2)14(4)17(13(11)3)18(19)15-6-8-16(20-5)9-7-15/h6-10H,1-5H3. The van der Waals surface area contributed by atoms with Gasteiger partial charge in [-0.1, -0.05) is 6.07 Å². The molecule has 1 nitrogen and oxygen atoms in total. The smallest absolute Gasteiger partial charge is 0.193 e. The van der Waals surface area contributed by atoms with Crippen LogP contribution >= 0.6 is 11.8 Å². The van der Waals surface area contributed by atoms with E-state index in [1.807, 2.05) is 44.4 Å². The van der Waals surface area contributed by atoms with Crippen molar-refractivity contribution < 1.29 is 4.79 Å². The fourth-order valence-corrected chi connectivity index (χ4v) is 2.85. The quantitative estimate of drug-likeness (QED) is 0.590. The summed E-state index contributed by atoms with van der Waals surface area (Å²) in [6, 6.07) is 10.0. The fourth-order valence-electron chi connectivity index (χ4n) is 2.44. The highest BCUT2D eigenvalue weighted by Gasteiger charge is 2.17. The second-order valence-electron chi connectivity index (χ2n) is 5.19. The van der Waals surface area contributed by atoms with Crippen LogP contribution in [0, 0.1) is 27.7 Å². The number of thioether (sulfide) groups is 1. The summed E-state index contributed by atoms with van der Waals surface area (Å²) >= 11 is 1.68. The second-order valence-corrected chi connectivity index (χ2v) is 6.07. The first-order valence-corrected chi connectivity index (χ1v) is 7.94. The SMILES string of the molecule is CSc1ccc(C(=O)c2c(C)c(C)cc(C)c2C)cc1. The number of benzene rings is 2. The Morgan fingerprint density at radius 2 is 1.40 bits per heavy atom. The third-order valence-corrected chi connectivity index (χ3v) is 4.69. The largest absolute Gasteiger partial charge is 0.289 e. The Morgan fingerprint density at radius 3 is 1.85 bits per heavy atom. The lowest BCUT2D eigenvalue weighted by molar-refractivity contribution is 0.103. The second kappa shape index (κ2) is 5.84. The van der Waals surface area contributed by atoms with Gasteiger partial charge in [-0.2, -0.15) is 0 Å². The average molecular weight is 284 g/mol. The molecule has 0 atom stereocenters. The molecule has 2 aromatic rings. The molecule has 0 saturated heterocycles. The Kier molecular flexibility index (Phi) is 4.34. The van der Waals surface area contributed by atoms with Gasteiger partial charge in [0.2, 0.25) is 0 Å². The molecule has 0 radical (unpaired) electrons. The summed E-state index contributed by atoms with van der Waals surface area (Å²) in [7, 11) is 0. The zero-order chi connectivity index (χ0) is 14.9. The van der Waals surface area contributed by atoms with Gasteiger partial charge in [-0.15, -0.1) is 11.8 Å². The molecule has 0 spiro atoms. The Balaban J connectivity index is 2.53. The van der Waals surface area contributed by atoms with Crippen molar-refractivity contribution >= 4 is 17.5 Å². The van der Waals surface area contributed by atoms with Crippen LogP contribution in [0.5, 0.6) is 0 Å². The van der Waals surface area contributed by atoms with Gasteiger partial charge in [-0.3, -0.25) is 4.79 Å². The highest BCUT2D eigenvalue weighted by atomic mass is 32.2. The minimum Gasteiger partial charge on any atom is -0.289 e. The first kappa shape index (κ1) is 14.9. The van der Waals surface area contributed by atoms with Gasteiger partial charge in [-0.05, 0) is 80.5 Å². The Labute approximate surface area is 125 Å². The van der Waals surface area contributed by atoms with Crippen LogP contribution < -0.4 is 0 Å². The molecule has 2 rings (SSSR count). The first-order valence-electron chi connectivity index (χ1n) is 6.72. The van der Waals surface area contributed by atoms with E-state index in [0.717, 1.165) is 22.3 Å².